The first-order valence-corrected chi connectivity index (χ1v) is 11.6. The van der Waals surface area contributed by atoms with Crippen molar-refractivity contribution in [2.75, 3.05) is 43.5 Å². The fourth-order valence-corrected chi connectivity index (χ4v) is 5.43. The fourth-order valence-electron chi connectivity index (χ4n) is 4.15. The number of fused-ring (bicyclic) bond motifs is 3. The molecule has 1 aliphatic carbocycles. The summed E-state index contributed by atoms with van der Waals surface area (Å²) < 4.78 is 5.46. The highest BCUT2D eigenvalue weighted by Crippen LogP contribution is 2.38. The Kier molecular flexibility index (Phi) is 6.06. The molecule has 162 valence electrons. The van der Waals surface area contributed by atoms with Crippen LogP contribution in [-0.2, 0) is 28.9 Å². The molecular formula is C22H26N6O2S. The minimum absolute atomic E-state index is 0.129. The van der Waals surface area contributed by atoms with Crippen LogP contribution in [0, 0.1) is 0 Å². The third-order valence-corrected chi connectivity index (χ3v) is 6.86. The van der Waals surface area contributed by atoms with Gasteiger partial charge in [-0.3, -0.25) is 9.69 Å². The molecule has 4 heterocycles. The molecule has 0 saturated carbocycles. The molecule has 0 unspecified atom stereocenters. The van der Waals surface area contributed by atoms with Gasteiger partial charge in [-0.1, -0.05) is 6.07 Å². The third kappa shape index (κ3) is 4.68. The molecule has 0 aromatic carbocycles. The van der Waals surface area contributed by atoms with Crippen LogP contribution in [0.25, 0.3) is 10.2 Å². The van der Waals surface area contributed by atoms with Gasteiger partial charge in [0.2, 0.25) is 5.91 Å². The van der Waals surface area contributed by atoms with Crippen molar-refractivity contribution in [2.45, 2.75) is 32.2 Å². The Morgan fingerprint density at radius 2 is 2.03 bits per heavy atom. The predicted molar refractivity (Wildman–Crippen MR) is 122 cm³/mol. The summed E-state index contributed by atoms with van der Waals surface area (Å²) in [6.07, 6.45) is 6.23. The van der Waals surface area contributed by atoms with Gasteiger partial charge in [-0.05, 0) is 43.4 Å². The summed E-state index contributed by atoms with van der Waals surface area (Å²) in [5, 5.41) is 7.21. The molecule has 0 atom stereocenters. The number of nitrogens with one attached hydrogen (secondary N) is 2. The first-order chi connectivity index (χ1) is 15.3. The number of amides is 1. The zero-order chi connectivity index (χ0) is 21.0. The molecule has 1 amide bonds. The summed E-state index contributed by atoms with van der Waals surface area (Å²) >= 11 is 1.78. The smallest absolute Gasteiger partial charge is 0.244 e. The van der Waals surface area contributed by atoms with Crippen molar-refractivity contribution in [3.8, 4) is 0 Å². The van der Waals surface area contributed by atoms with Crippen LogP contribution in [-0.4, -0.2) is 58.6 Å². The van der Waals surface area contributed by atoms with Gasteiger partial charge in [-0.25, -0.2) is 15.0 Å². The highest BCUT2D eigenvalue weighted by atomic mass is 32.1. The Morgan fingerprint density at radius 1 is 1.16 bits per heavy atom. The maximum atomic E-state index is 12.5. The maximum Gasteiger partial charge on any atom is 0.244 e. The van der Waals surface area contributed by atoms with Gasteiger partial charge in [-0.15, -0.1) is 11.3 Å². The van der Waals surface area contributed by atoms with E-state index in [0.717, 1.165) is 61.0 Å². The first-order valence-electron chi connectivity index (χ1n) is 10.8. The number of thiophene rings is 1. The Balaban J connectivity index is 1.39. The van der Waals surface area contributed by atoms with E-state index in [1.54, 1.807) is 23.6 Å². The summed E-state index contributed by atoms with van der Waals surface area (Å²) in [7, 11) is 0. The number of ether oxygens (including phenoxy) is 1. The molecular weight excluding hydrogens is 412 g/mol. The molecule has 8 nitrogen and oxygen atoms in total. The summed E-state index contributed by atoms with van der Waals surface area (Å²) in [5.41, 5.74) is 1.36. The minimum atomic E-state index is -0.149. The summed E-state index contributed by atoms with van der Waals surface area (Å²) in [6.45, 7) is 4.08. The molecule has 9 heteroatoms. The Bertz CT molecular complexity index is 1060. The molecule has 0 bridgehead atoms. The van der Waals surface area contributed by atoms with E-state index in [1.165, 1.54) is 23.3 Å². The van der Waals surface area contributed by atoms with Crippen LogP contribution in [0.5, 0.6) is 0 Å². The van der Waals surface area contributed by atoms with E-state index in [1.807, 2.05) is 12.1 Å². The molecule has 31 heavy (non-hydrogen) atoms. The van der Waals surface area contributed by atoms with Gasteiger partial charge in [0.25, 0.3) is 0 Å². The van der Waals surface area contributed by atoms with Crippen LogP contribution in [0.1, 0.15) is 29.1 Å². The average Bonchev–Trinajstić information content (AvgIpc) is 3.17. The molecule has 1 saturated heterocycles. The lowest BCUT2D eigenvalue weighted by Crippen LogP contribution is -2.36. The van der Waals surface area contributed by atoms with Crippen LogP contribution in [0.4, 0.5) is 11.6 Å². The minimum Gasteiger partial charge on any atom is -0.379 e. The van der Waals surface area contributed by atoms with Gasteiger partial charge >= 0.3 is 0 Å². The van der Waals surface area contributed by atoms with E-state index < -0.39 is 0 Å². The van der Waals surface area contributed by atoms with Gasteiger partial charge in [0.05, 0.1) is 31.7 Å². The summed E-state index contributed by atoms with van der Waals surface area (Å²) in [5.74, 6) is 1.96. The van der Waals surface area contributed by atoms with Crippen molar-refractivity contribution in [1.29, 1.82) is 0 Å². The zero-order valence-electron chi connectivity index (χ0n) is 17.4. The van der Waals surface area contributed by atoms with Crippen LogP contribution < -0.4 is 10.6 Å². The lowest BCUT2D eigenvalue weighted by molar-refractivity contribution is -0.114. The van der Waals surface area contributed by atoms with Crippen molar-refractivity contribution < 1.29 is 9.53 Å². The standard InChI is InChI=1S/C22H26N6O2S/c29-19(25-17-7-3-4-8-23-17)13-24-21-20-15-5-1-2-6-16(15)31-22(20)27-18(26-21)14-28-9-11-30-12-10-28/h3-4,7-8H,1-2,5-6,9-14H2,(H,23,25,29)(H,24,26,27). The van der Waals surface area contributed by atoms with Crippen molar-refractivity contribution in [2.24, 2.45) is 0 Å². The second-order valence-electron chi connectivity index (χ2n) is 7.88. The van der Waals surface area contributed by atoms with Gasteiger partial charge in [-0.2, -0.15) is 0 Å². The lowest BCUT2D eigenvalue weighted by atomic mass is 9.97. The van der Waals surface area contributed by atoms with Crippen LogP contribution in [0.3, 0.4) is 0 Å². The lowest BCUT2D eigenvalue weighted by Gasteiger charge is -2.25. The highest BCUT2D eigenvalue weighted by molar-refractivity contribution is 7.19. The number of pyridine rings is 1. The van der Waals surface area contributed by atoms with E-state index in [4.69, 9.17) is 14.7 Å². The molecule has 1 fully saturated rings. The SMILES string of the molecule is O=C(CNc1nc(CN2CCOCC2)nc2sc3c(c12)CCCC3)Nc1ccccn1. The van der Waals surface area contributed by atoms with E-state index >= 15 is 0 Å². The number of nitrogens with zero attached hydrogens (tertiary/aromatic N) is 4. The topological polar surface area (TPSA) is 92.3 Å². The number of rotatable bonds is 6. The van der Waals surface area contributed by atoms with Gasteiger partial charge in [0.15, 0.2) is 0 Å². The Hall–Kier alpha value is -2.62. The van der Waals surface area contributed by atoms with E-state index in [0.29, 0.717) is 12.4 Å². The number of hydrogen-bond donors (Lipinski definition) is 2. The molecule has 5 rings (SSSR count). The maximum absolute atomic E-state index is 12.5. The van der Waals surface area contributed by atoms with Gasteiger partial charge in [0, 0.05) is 24.2 Å². The molecule has 0 radical (unpaired) electrons. The highest BCUT2D eigenvalue weighted by Gasteiger charge is 2.22. The molecule has 0 spiro atoms. The van der Waals surface area contributed by atoms with Crippen LogP contribution >= 0.6 is 11.3 Å². The fraction of sp³-hybridized carbons (Fsp3) is 0.455. The number of carbonyl (C=O) groups excluding carboxylic acids is 1. The number of hydrogen-bond acceptors (Lipinski definition) is 8. The summed E-state index contributed by atoms with van der Waals surface area (Å²) in [6, 6.07) is 5.44. The van der Waals surface area contributed by atoms with Gasteiger partial charge in [0.1, 0.15) is 22.3 Å². The second kappa shape index (κ2) is 9.25. The van der Waals surface area contributed by atoms with Gasteiger partial charge < -0.3 is 15.4 Å². The molecule has 1 aliphatic heterocycles. The van der Waals surface area contributed by atoms with E-state index in [2.05, 4.69) is 20.5 Å². The predicted octanol–water partition coefficient (Wildman–Crippen LogP) is 2.85. The number of anilines is 2. The van der Waals surface area contributed by atoms with E-state index in [9.17, 15) is 4.79 Å². The number of morpholine rings is 1. The largest absolute Gasteiger partial charge is 0.379 e. The number of aryl methyl sites for hydroxylation is 2. The third-order valence-electron chi connectivity index (χ3n) is 5.68. The van der Waals surface area contributed by atoms with Crippen molar-refractivity contribution in [1.82, 2.24) is 19.9 Å². The molecule has 2 N–H and O–H groups in total. The van der Waals surface area contributed by atoms with Crippen LogP contribution in [0.15, 0.2) is 24.4 Å². The van der Waals surface area contributed by atoms with Crippen molar-refractivity contribution >= 4 is 39.1 Å². The molecule has 3 aromatic heterocycles. The van der Waals surface area contributed by atoms with E-state index in [-0.39, 0.29) is 12.5 Å². The molecule has 2 aliphatic rings. The average molecular weight is 439 g/mol. The van der Waals surface area contributed by atoms with Crippen molar-refractivity contribution in [3.63, 3.8) is 0 Å². The Morgan fingerprint density at radius 3 is 2.87 bits per heavy atom. The molecule has 3 aromatic rings. The van der Waals surface area contributed by atoms with Crippen molar-refractivity contribution in [3.05, 3.63) is 40.7 Å². The monoisotopic (exact) mass is 438 g/mol. The Labute approximate surface area is 185 Å². The van der Waals surface area contributed by atoms with Crippen LogP contribution in [0.2, 0.25) is 0 Å². The zero-order valence-corrected chi connectivity index (χ0v) is 18.2. The number of carbonyl (C=O) groups is 1. The normalized spacial score (nSPS) is 16.8. The second-order valence-corrected chi connectivity index (χ2v) is 8.97. The number of aromatic nitrogens is 3. The first kappa shape index (κ1) is 20.3. The quantitative estimate of drug-likeness (QED) is 0.611. The summed E-state index contributed by atoms with van der Waals surface area (Å²) in [4.78, 5) is 31.1.